The Balaban J connectivity index is 2.01. The summed E-state index contributed by atoms with van der Waals surface area (Å²) in [6.07, 6.45) is -2.57. The van der Waals surface area contributed by atoms with Crippen LogP contribution in [-0.2, 0) is 14.6 Å². The lowest BCUT2D eigenvalue weighted by atomic mass is 9.70. The molecule has 3 rings (SSSR count). The van der Waals surface area contributed by atoms with Crippen LogP contribution in [0.3, 0.4) is 0 Å². The number of amides is 1. The number of carbonyl (C=O) groups is 1. The number of sulfone groups is 1. The van der Waals surface area contributed by atoms with Crippen LogP contribution >= 0.6 is 11.6 Å². The third kappa shape index (κ3) is 6.28. The van der Waals surface area contributed by atoms with Crippen LogP contribution in [0.25, 0.3) is 0 Å². The predicted octanol–water partition coefficient (Wildman–Crippen LogP) is 4.35. The molecule has 0 radical (unpaired) electrons. The zero-order valence-electron chi connectivity index (χ0n) is 24.6. The van der Waals surface area contributed by atoms with Gasteiger partial charge < -0.3 is 20.3 Å². The van der Waals surface area contributed by atoms with Crippen molar-refractivity contribution in [3.63, 3.8) is 0 Å². The Morgan fingerprint density at radius 2 is 1.92 bits per heavy atom. The maximum atomic E-state index is 13.9. The number of rotatable bonds is 8. The van der Waals surface area contributed by atoms with Crippen LogP contribution < -0.4 is 5.32 Å². The highest BCUT2D eigenvalue weighted by molar-refractivity contribution is 7.92. The van der Waals surface area contributed by atoms with E-state index in [9.17, 15) is 36.6 Å². The lowest BCUT2D eigenvalue weighted by Gasteiger charge is -2.45. The third-order valence-corrected chi connectivity index (χ3v) is 8.47. The van der Waals surface area contributed by atoms with Gasteiger partial charge in [0.1, 0.15) is 0 Å². The summed E-state index contributed by atoms with van der Waals surface area (Å²) in [6.45, 7) is -3.18. The maximum Gasteiger partial charge on any atom is 0.255 e. The smallest absolute Gasteiger partial charge is 0.255 e. The third-order valence-electron chi connectivity index (χ3n) is 6.01. The molecule has 1 saturated carbocycles. The minimum absolute atomic E-state index is 0.271. The molecule has 0 aliphatic heterocycles. The molecule has 0 heterocycles. The largest absolute Gasteiger partial charge is 0.391 e. The van der Waals surface area contributed by atoms with Gasteiger partial charge in [0.05, 0.1) is 40.1 Å². The van der Waals surface area contributed by atoms with Crippen molar-refractivity contribution in [2.24, 2.45) is 11.8 Å². The molecular formula is C25H29ClF3NO6S. The van der Waals surface area contributed by atoms with Gasteiger partial charge in [0.2, 0.25) is 0 Å². The molecule has 3 N–H and O–H groups in total. The van der Waals surface area contributed by atoms with Crippen molar-refractivity contribution in [1.82, 2.24) is 0 Å². The Morgan fingerprint density at radius 1 is 1.27 bits per heavy atom. The molecule has 1 aliphatic carbocycles. The van der Waals surface area contributed by atoms with Gasteiger partial charge in [0, 0.05) is 30.2 Å². The van der Waals surface area contributed by atoms with Crippen molar-refractivity contribution in [3.05, 3.63) is 58.4 Å². The molecular weight excluding hydrogens is 535 g/mol. The summed E-state index contributed by atoms with van der Waals surface area (Å²) < 4.78 is 114. The molecule has 5 atom stereocenters. The standard InChI is InChI=1S/C25H29ClF3NO6S/c1-13-6-18(7-14(2)25(13,33)12-36-11-15(3)31)37(34,35)22-8-16(4-5-19(22)26)24(32)30-17-9-20(27)23(29)21(28)10-17/h4-5,8-10,13-15,18,31,33H,6-7,11-12H2,1-3H3,(H,30,32)/t13-,14?,15?,18-,25-/m0/s1/i1D,2D3,18D. The highest BCUT2D eigenvalue weighted by atomic mass is 35.5. The fourth-order valence-electron chi connectivity index (χ4n) is 3.89. The first-order valence-electron chi connectivity index (χ1n) is 13.7. The van der Waals surface area contributed by atoms with E-state index < -0.39 is 111 Å². The molecule has 1 amide bonds. The highest BCUT2D eigenvalue weighted by Gasteiger charge is 2.49. The summed E-state index contributed by atoms with van der Waals surface area (Å²) >= 11 is 6.16. The quantitative estimate of drug-likeness (QED) is 0.408. The molecule has 2 aromatic rings. The van der Waals surface area contributed by atoms with Crippen LogP contribution in [-0.4, -0.2) is 54.7 Å². The molecule has 2 unspecified atom stereocenters. The second-order valence-corrected chi connectivity index (χ2v) is 11.3. The van der Waals surface area contributed by atoms with E-state index in [0.29, 0.717) is 12.1 Å². The molecule has 0 bridgehead atoms. The molecule has 37 heavy (non-hydrogen) atoms. The first-order valence-corrected chi connectivity index (χ1v) is 12.9. The average molecular weight is 569 g/mol. The number of anilines is 1. The number of hydrogen-bond donors (Lipinski definition) is 3. The van der Waals surface area contributed by atoms with Gasteiger partial charge in [-0.05, 0) is 49.8 Å². The van der Waals surface area contributed by atoms with E-state index >= 15 is 0 Å². The lowest BCUT2D eigenvalue weighted by Crippen LogP contribution is -2.54. The molecule has 0 saturated heterocycles. The zero-order chi connectivity index (χ0) is 31.8. The Bertz CT molecular complexity index is 1430. The monoisotopic (exact) mass is 568 g/mol. The van der Waals surface area contributed by atoms with E-state index in [-0.39, 0.29) is 12.2 Å². The van der Waals surface area contributed by atoms with Crippen LogP contribution in [0.2, 0.25) is 5.02 Å². The van der Waals surface area contributed by atoms with Gasteiger partial charge in [-0.2, -0.15) is 0 Å². The number of carbonyl (C=O) groups excluding carboxylic acids is 1. The van der Waals surface area contributed by atoms with Crippen molar-refractivity contribution in [3.8, 4) is 0 Å². The second kappa shape index (κ2) is 11.3. The Labute approximate surface area is 225 Å². The molecule has 1 aliphatic rings. The van der Waals surface area contributed by atoms with Gasteiger partial charge in [0.25, 0.3) is 5.91 Å². The molecule has 1 fully saturated rings. The first kappa shape index (κ1) is 22.8. The Morgan fingerprint density at radius 3 is 2.51 bits per heavy atom. The molecule has 7 nitrogen and oxygen atoms in total. The lowest BCUT2D eigenvalue weighted by molar-refractivity contribution is -0.137. The molecule has 12 heteroatoms. The van der Waals surface area contributed by atoms with Gasteiger partial charge in [-0.25, -0.2) is 21.6 Å². The summed E-state index contributed by atoms with van der Waals surface area (Å²) in [5.41, 5.74) is -3.10. The van der Waals surface area contributed by atoms with E-state index in [4.69, 9.17) is 23.2 Å². The summed E-state index contributed by atoms with van der Waals surface area (Å²) in [6, 6.07) is 3.91. The summed E-state index contributed by atoms with van der Waals surface area (Å²) in [7, 11) is -4.90. The normalized spacial score (nSPS) is 29.3. The summed E-state index contributed by atoms with van der Waals surface area (Å²) in [5, 5.41) is 20.0. The van der Waals surface area contributed by atoms with Crippen LogP contribution in [0.5, 0.6) is 0 Å². The van der Waals surface area contributed by atoms with Crippen LogP contribution in [0.1, 0.15) is 50.7 Å². The van der Waals surface area contributed by atoms with E-state index in [1.54, 1.807) is 0 Å². The second-order valence-electron chi connectivity index (χ2n) is 8.91. The molecule has 204 valence electrons. The van der Waals surface area contributed by atoms with Crippen molar-refractivity contribution < 1.29 is 48.2 Å². The number of hydrogen-bond acceptors (Lipinski definition) is 6. The SMILES string of the molecule is [2H]C[C@H]1C[C@]([2H])(S(=O)(=O)c2cc(C(=O)Nc3cc(F)c(F)c(F)c3)ccc2Cl)CC(C([2H])([2H])[2H])[C@]1(O)COCC(C)O. The average Bonchev–Trinajstić information content (AvgIpc) is 2.87. The fourth-order valence-corrected chi connectivity index (χ4v) is 6.04. The minimum atomic E-state index is -4.90. The van der Waals surface area contributed by atoms with Gasteiger partial charge in [-0.3, -0.25) is 4.79 Å². The predicted molar refractivity (Wildman–Crippen MR) is 132 cm³/mol. The van der Waals surface area contributed by atoms with Crippen molar-refractivity contribution >= 4 is 33.0 Å². The topological polar surface area (TPSA) is 113 Å². The van der Waals surface area contributed by atoms with Gasteiger partial charge in [-0.1, -0.05) is 25.4 Å². The van der Waals surface area contributed by atoms with Crippen molar-refractivity contribution in [2.45, 2.75) is 55.3 Å². The van der Waals surface area contributed by atoms with Crippen molar-refractivity contribution in [1.29, 1.82) is 0 Å². The fraction of sp³-hybridized carbons (Fsp3) is 0.480. The van der Waals surface area contributed by atoms with Crippen LogP contribution in [0, 0.1) is 29.3 Å². The van der Waals surface area contributed by atoms with E-state index in [1.165, 1.54) is 6.92 Å². The Kier molecular flexibility index (Phi) is 6.94. The van der Waals surface area contributed by atoms with E-state index in [1.807, 2.05) is 0 Å². The molecule has 2 aromatic carbocycles. The maximum absolute atomic E-state index is 13.9. The summed E-state index contributed by atoms with van der Waals surface area (Å²) in [4.78, 5) is 12.1. The number of halogens is 4. The minimum Gasteiger partial charge on any atom is -0.391 e. The van der Waals surface area contributed by atoms with Crippen LogP contribution in [0.4, 0.5) is 18.9 Å². The number of aliphatic hydroxyl groups excluding tert-OH is 1. The number of benzene rings is 2. The molecule has 0 spiro atoms. The number of ether oxygens (including phenoxy) is 1. The molecule has 0 aromatic heterocycles. The van der Waals surface area contributed by atoms with Gasteiger partial charge in [-0.15, -0.1) is 0 Å². The van der Waals surface area contributed by atoms with Crippen molar-refractivity contribution in [2.75, 3.05) is 18.5 Å². The van der Waals surface area contributed by atoms with E-state index in [2.05, 4.69) is 5.32 Å². The summed E-state index contributed by atoms with van der Waals surface area (Å²) in [5.74, 6) is -9.20. The number of nitrogens with one attached hydrogen (secondary N) is 1. The van der Waals surface area contributed by atoms with Crippen LogP contribution in [0.15, 0.2) is 35.2 Å². The van der Waals surface area contributed by atoms with Gasteiger partial charge in [0.15, 0.2) is 27.3 Å². The first-order chi connectivity index (χ1) is 19.3. The number of aliphatic hydroxyl groups is 2. The highest BCUT2D eigenvalue weighted by Crippen LogP contribution is 2.43. The zero-order valence-corrected chi connectivity index (χ0v) is 21.2. The van der Waals surface area contributed by atoms with Gasteiger partial charge >= 0.3 is 0 Å². The van der Waals surface area contributed by atoms with E-state index in [0.717, 1.165) is 18.2 Å². The Hall–Kier alpha value is -2.18.